The fourth-order valence-corrected chi connectivity index (χ4v) is 8.86. The average Bonchev–Trinajstić information content (AvgIpc) is 3.56. The minimum atomic E-state index is 0.0372. The number of carbonyl (C=O) groups excluding carboxylic acids is 2. The molecular weight excluding hydrogens is 454 g/mol. The van der Waals surface area contributed by atoms with Crippen LogP contribution in [0.5, 0.6) is 0 Å². The maximum Gasteiger partial charge on any atom is 0.156 e. The van der Waals surface area contributed by atoms with E-state index < -0.39 is 0 Å². The lowest BCUT2D eigenvalue weighted by Crippen LogP contribution is -2.45. The lowest BCUT2D eigenvalue weighted by Gasteiger charge is -2.52. The van der Waals surface area contributed by atoms with Gasteiger partial charge < -0.3 is 4.90 Å². The molecule has 194 valence electrons. The number of rotatable bonds is 5. The van der Waals surface area contributed by atoms with Crippen LogP contribution in [-0.2, 0) is 9.59 Å². The molecule has 0 N–H and O–H groups in total. The van der Waals surface area contributed by atoms with Crippen molar-refractivity contribution in [3.05, 3.63) is 52.6 Å². The van der Waals surface area contributed by atoms with E-state index >= 15 is 0 Å². The quantitative estimate of drug-likeness (QED) is 0.406. The summed E-state index contributed by atoms with van der Waals surface area (Å²) >= 11 is 0. The third kappa shape index (κ3) is 4.31. The van der Waals surface area contributed by atoms with Crippen LogP contribution in [0.15, 0.2) is 47.1 Å². The Labute approximate surface area is 222 Å². The van der Waals surface area contributed by atoms with E-state index in [2.05, 4.69) is 47.9 Å². The van der Waals surface area contributed by atoms with Gasteiger partial charge in [-0.3, -0.25) is 9.59 Å². The molecule has 0 aromatic heterocycles. The van der Waals surface area contributed by atoms with Crippen molar-refractivity contribution < 1.29 is 9.59 Å². The Balaban J connectivity index is 1.39. The molecule has 6 rings (SSSR count). The van der Waals surface area contributed by atoms with Crippen LogP contribution < -0.4 is 4.90 Å². The first-order valence-corrected chi connectivity index (χ1v) is 14.7. The summed E-state index contributed by atoms with van der Waals surface area (Å²) in [6.45, 7) is 6.63. The molecule has 1 heterocycles. The summed E-state index contributed by atoms with van der Waals surface area (Å²) in [7, 11) is 0. The number of allylic oxidation sites excluding steroid dienone is 4. The molecule has 37 heavy (non-hydrogen) atoms. The van der Waals surface area contributed by atoms with Gasteiger partial charge in [0.25, 0.3) is 0 Å². The van der Waals surface area contributed by atoms with Crippen molar-refractivity contribution in [2.24, 2.45) is 23.2 Å². The van der Waals surface area contributed by atoms with Crippen LogP contribution in [-0.4, -0.2) is 24.7 Å². The summed E-state index contributed by atoms with van der Waals surface area (Å²) in [6.07, 6.45) is 12.8. The van der Waals surface area contributed by atoms with E-state index in [9.17, 15) is 9.59 Å². The molecule has 3 nitrogen and oxygen atoms in total. The molecule has 0 bridgehead atoms. The van der Waals surface area contributed by atoms with E-state index in [-0.39, 0.29) is 11.3 Å². The smallest absolute Gasteiger partial charge is 0.156 e. The summed E-state index contributed by atoms with van der Waals surface area (Å²) in [4.78, 5) is 28.3. The van der Waals surface area contributed by atoms with E-state index in [1.54, 1.807) is 5.57 Å². The molecular formula is C34H41NO2. The van der Waals surface area contributed by atoms with Crippen molar-refractivity contribution in [2.45, 2.75) is 90.4 Å². The van der Waals surface area contributed by atoms with Gasteiger partial charge in [0.15, 0.2) is 5.78 Å². The highest BCUT2D eigenvalue weighted by molar-refractivity contribution is 5.93. The molecule has 3 fully saturated rings. The maximum atomic E-state index is 13.5. The van der Waals surface area contributed by atoms with E-state index in [0.29, 0.717) is 48.6 Å². The number of hydrogen-bond acceptors (Lipinski definition) is 3. The fourth-order valence-electron chi connectivity index (χ4n) is 8.86. The number of hydrogen-bond donors (Lipinski definition) is 0. The van der Waals surface area contributed by atoms with Crippen molar-refractivity contribution in [2.75, 3.05) is 18.0 Å². The van der Waals surface area contributed by atoms with Crippen LogP contribution in [0, 0.1) is 35.0 Å². The molecule has 0 amide bonds. The van der Waals surface area contributed by atoms with Gasteiger partial charge in [-0.15, -0.1) is 11.8 Å². The molecule has 0 radical (unpaired) electrons. The van der Waals surface area contributed by atoms with Crippen LogP contribution in [0.25, 0.3) is 0 Å². The number of anilines is 1. The number of nitrogens with zero attached hydrogens (tertiary/aromatic N) is 1. The van der Waals surface area contributed by atoms with Crippen LogP contribution in [0.4, 0.5) is 5.69 Å². The highest BCUT2D eigenvalue weighted by atomic mass is 16.1. The summed E-state index contributed by atoms with van der Waals surface area (Å²) in [6, 6.07) is 9.42. The van der Waals surface area contributed by atoms with Gasteiger partial charge in [-0.2, -0.15) is 0 Å². The van der Waals surface area contributed by atoms with Gasteiger partial charge in [0.2, 0.25) is 0 Å². The van der Waals surface area contributed by atoms with Crippen LogP contribution in [0.1, 0.15) is 96.0 Å². The zero-order chi connectivity index (χ0) is 25.6. The molecule has 1 aliphatic heterocycles. The lowest BCUT2D eigenvalue weighted by atomic mass is 9.51. The van der Waals surface area contributed by atoms with Crippen molar-refractivity contribution in [3.8, 4) is 11.8 Å². The molecule has 4 aliphatic carbocycles. The van der Waals surface area contributed by atoms with Crippen LogP contribution in [0.3, 0.4) is 0 Å². The number of Topliss-reactive ketones (excluding diaryl/α,β-unsaturated/α-hetero) is 1. The monoisotopic (exact) mass is 495 g/mol. The first-order chi connectivity index (χ1) is 18.0. The molecule has 1 aromatic rings. The largest absolute Gasteiger partial charge is 0.372 e. The summed E-state index contributed by atoms with van der Waals surface area (Å²) in [5.41, 5.74) is 7.23. The number of fused-ring (bicyclic) bond motifs is 4. The highest BCUT2D eigenvalue weighted by Gasteiger charge is 2.57. The van der Waals surface area contributed by atoms with E-state index in [0.717, 1.165) is 51.6 Å². The SMILES string of the molecule is CC#CCCC(=O)[C@H]1CC[C@H]2[C@@H]3CCC4=CC(=O)CCC4=C3[C@@H](c3ccc(N4CCCC4)cc3)C[C@]12C. The highest BCUT2D eigenvalue weighted by Crippen LogP contribution is 2.65. The Morgan fingerprint density at radius 2 is 1.84 bits per heavy atom. The molecule has 3 heteroatoms. The normalized spacial score (nSPS) is 32.8. The van der Waals surface area contributed by atoms with E-state index in [1.807, 2.05) is 13.0 Å². The molecule has 5 aliphatic rings. The van der Waals surface area contributed by atoms with E-state index in [1.165, 1.54) is 35.2 Å². The second-order valence-electron chi connectivity index (χ2n) is 12.4. The van der Waals surface area contributed by atoms with Crippen LogP contribution >= 0.6 is 0 Å². The summed E-state index contributed by atoms with van der Waals surface area (Å²) in [5.74, 6) is 8.41. The lowest BCUT2D eigenvalue weighted by molar-refractivity contribution is -0.127. The first-order valence-electron chi connectivity index (χ1n) is 14.7. The van der Waals surface area contributed by atoms with Crippen molar-refractivity contribution in [3.63, 3.8) is 0 Å². The fraction of sp³-hybridized carbons (Fsp3) is 0.588. The average molecular weight is 496 g/mol. The van der Waals surface area contributed by atoms with Crippen LogP contribution in [0.2, 0.25) is 0 Å². The minimum absolute atomic E-state index is 0.0372. The summed E-state index contributed by atoms with van der Waals surface area (Å²) < 4.78 is 0. The Hall–Kier alpha value is -2.60. The van der Waals surface area contributed by atoms with Gasteiger partial charge in [-0.1, -0.05) is 24.6 Å². The maximum absolute atomic E-state index is 13.5. The Morgan fingerprint density at radius 1 is 1.05 bits per heavy atom. The zero-order valence-electron chi connectivity index (χ0n) is 22.7. The number of carbonyl (C=O) groups is 2. The van der Waals surface area contributed by atoms with Gasteiger partial charge in [0, 0.05) is 49.9 Å². The molecule has 1 aromatic carbocycles. The molecule has 0 unspecified atom stereocenters. The third-order valence-corrected chi connectivity index (χ3v) is 10.6. The van der Waals surface area contributed by atoms with Crippen molar-refractivity contribution in [1.29, 1.82) is 0 Å². The zero-order valence-corrected chi connectivity index (χ0v) is 22.7. The Bertz CT molecular complexity index is 1200. The van der Waals surface area contributed by atoms with Crippen molar-refractivity contribution in [1.82, 2.24) is 0 Å². The first kappa shape index (κ1) is 24.7. The second kappa shape index (κ2) is 9.94. The van der Waals surface area contributed by atoms with Gasteiger partial charge >= 0.3 is 0 Å². The van der Waals surface area contributed by atoms with Crippen molar-refractivity contribution >= 4 is 17.3 Å². The third-order valence-electron chi connectivity index (χ3n) is 10.6. The topological polar surface area (TPSA) is 37.4 Å². The van der Waals surface area contributed by atoms with Gasteiger partial charge in [0.05, 0.1) is 0 Å². The Kier molecular flexibility index (Phi) is 6.64. The second-order valence-corrected chi connectivity index (χ2v) is 12.4. The van der Waals surface area contributed by atoms with E-state index in [4.69, 9.17) is 0 Å². The van der Waals surface area contributed by atoms with Gasteiger partial charge in [-0.05, 0) is 110 Å². The number of benzene rings is 1. The minimum Gasteiger partial charge on any atom is -0.372 e. The standard InChI is InChI=1S/C34H41NO2/c1-3-4-5-8-32(37)31-18-17-30-28-15-11-24-21-26(36)14-16-27(24)33(28)29(22-34(30,31)2)23-9-12-25(13-10-23)35-19-6-7-20-35/h9-10,12-13,21,28-31H,5-8,11,14-20,22H2,1-2H3/t28-,29+,30-,31+,34-/m0/s1. The summed E-state index contributed by atoms with van der Waals surface area (Å²) in [5, 5.41) is 0. The predicted molar refractivity (Wildman–Crippen MR) is 149 cm³/mol. The molecule has 5 atom stereocenters. The van der Waals surface area contributed by atoms with Gasteiger partial charge in [0.1, 0.15) is 5.78 Å². The molecule has 1 saturated heterocycles. The van der Waals surface area contributed by atoms with Gasteiger partial charge in [-0.25, -0.2) is 0 Å². The molecule has 0 spiro atoms. The number of ketones is 2. The molecule has 2 saturated carbocycles. The Morgan fingerprint density at radius 3 is 2.59 bits per heavy atom. The predicted octanol–water partition coefficient (Wildman–Crippen LogP) is 7.18.